The van der Waals surface area contributed by atoms with Crippen LogP contribution < -0.4 is 0 Å². The van der Waals surface area contributed by atoms with Gasteiger partial charge in [-0.15, -0.1) is 0 Å². The van der Waals surface area contributed by atoms with Crippen LogP contribution in [-0.4, -0.2) is 25.8 Å². The van der Waals surface area contributed by atoms with Crippen molar-refractivity contribution in [2.45, 2.75) is 19.8 Å². The minimum atomic E-state index is -1.49. The maximum absolute atomic E-state index is 12.9. The SMILES string of the molecule is Cc1ncc2c(n1)-c1c(c(C(=O)F)nn1C)CC2. The van der Waals surface area contributed by atoms with Gasteiger partial charge in [0.15, 0.2) is 5.69 Å². The fraction of sp³-hybridized carbons (Fsp3) is 0.333. The molecule has 5 nitrogen and oxygen atoms in total. The molecule has 92 valence electrons. The second kappa shape index (κ2) is 3.69. The van der Waals surface area contributed by atoms with E-state index in [2.05, 4.69) is 15.1 Å². The first-order chi connectivity index (χ1) is 8.58. The first kappa shape index (κ1) is 11.0. The smallest absolute Gasteiger partial charge is 0.265 e. The zero-order valence-corrected chi connectivity index (χ0v) is 10.1. The summed E-state index contributed by atoms with van der Waals surface area (Å²) >= 11 is 0. The number of carbonyl (C=O) groups is 1. The molecule has 0 unspecified atom stereocenters. The first-order valence-corrected chi connectivity index (χ1v) is 5.66. The Bertz CT molecular complexity index is 662. The first-order valence-electron chi connectivity index (χ1n) is 5.66. The monoisotopic (exact) mass is 246 g/mol. The molecule has 0 saturated heterocycles. The van der Waals surface area contributed by atoms with Gasteiger partial charge in [0.1, 0.15) is 5.82 Å². The number of hydrogen-bond donors (Lipinski definition) is 0. The van der Waals surface area contributed by atoms with Crippen LogP contribution in [0, 0.1) is 6.92 Å². The van der Waals surface area contributed by atoms with Crippen molar-refractivity contribution in [1.82, 2.24) is 19.7 Å². The molecule has 0 bridgehead atoms. The highest BCUT2D eigenvalue weighted by atomic mass is 19.1. The summed E-state index contributed by atoms with van der Waals surface area (Å²) in [5.74, 6) is 0.649. The molecule has 2 aromatic rings. The van der Waals surface area contributed by atoms with Crippen molar-refractivity contribution in [2.24, 2.45) is 7.05 Å². The highest BCUT2D eigenvalue weighted by molar-refractivity contribution is 5.90. The van der Waals surface area contributed by atoms with Gasteiger partial charge in [-0.2, -0.15) is 9.49 Å². The summed E-state index contributed by atoms with van der Waals surface area (Å²) < 4.78 is 14.5. The molecule has 1 aliphatic rings. The van der Waals surface area contributed by atoms with E-state index in [1.165, 1.54) is 4.68 Å². The Kier molecular flexibility index (Phi) is 2.26. The largest absolute Gasteiger partial charge is 0.352 e. The van der Waals surface area contributed by atoms with Gasteiger partial charge in [0, 0.05) is 18.8 Å². The lowest BCUT2D eigenvalue weighted by atomic mass is 9.93. The van der Waals surface area contributed by atoms with Gasteiger partial charge in [-0.1, -0.05) is 0 Å². The van der Waals surface area contributed by atoms with Crippen LogP contribution in [0.3, 0.4) is 0 Å². The molecule has 0 amide bonds. The highest BCUT2D eigenvalue weighted by Crippen LogP contribution is 2.33. The molecule has 2 aromatic heterocycles. The van der Waals surface area contributed by atoms with E-state index >= 15 is 0 Å². The molecule has 0 aliphatic heterocycles. The summed E-state index contributed by atoms with van der Waals surface area (Å²) in [5.41, 5.74) is 3.05. The lowest BCUT2D eigenvalue weighted by Crippen LogP contribution is -2.10. The van der Waals surface area contributed by atoms with Crippen molar-refractivity contribution < 1.29 is 9.18 Å². The molecule has 1 aliphatic carbocycles. The molecule has 0 radical (unpaired) electrons. The van der Waals surface area contributed by atoms with Crippen molar-refractivity contribution in [1.29, 1.82) is 0 Å². The van der Waals surface area contributed by atoms with Crippen LogP contribution >= 0.6 is 0 Å². The van der Waals surface area contributed by atoms with Crippen LogP contribution in [0.1, 0.15) is 27.4 Å². The molecule has 0 aromatic carbocycles. The average Bonchev–Trinajstić information content (AvgIpc) is 2.67. The van der Waals surface area contributed by atoms with Crippen molar-refractivity contribution in [2.75, 3.05) is 0 Å². The van der Waals surface area contributed by atoms with E-state index in [4.69, 9.17) is 0 Å². The van der Waals surface area contributed by atoms with Crippen LogP contribution in [-0.2, 0) is 19.9 Å². The van der Waals surface area contributed by atoms with Crippen LogP contribution in [0.15, 0.2) is 6.20 Å². The summed E-state index contributed by atoms with van der Waals surface area (Å²) in [6.45, 7) is 1.80. The van der Waals surface area contributed by atoms with Gasteiger partial charge < -0.3 is 0 Å². The third-order valence-electron chi connectivity index (χ3n) is 3.19. The lowest BCUT2D eigenvalue weighted by Gasteiger charge is -2.16. The van der Waals surface area contributed by atoms with E-state index in [1.807, 2.05) is 0 Å². The Labute approximate surface area is 103 Å². The molecular formula is C12H11FN4O. The molecule has 6 heteroatoms. The zero-order valence-electron chi connectivity index (χ0n) is 10.1. The second-order valence-electron chi connectivity index (χ2n) is 4.36. The summed E-state index contributed by atoms with van der Waals surface area (Å²) in [6.07, 6.45) is 3.08. The number of aryl methyl sites for hydroxylation is 3. The number of rotatable bonds is 1. The Morgan fingerprint density at radius 3 is 2.94 bits per heavy atom. The third-order valence-corrected chi connectivity index (χ3v) is 3.19. The number of carbonyl (C=O) groups excluding carboxylic acids is 1. The second-order valence-corrected chi connectivity index (χ2v) is 4.36. The van der Waals surface area contributed by atoms with Crippen LogP contribution in [0.2, 0.25) is 0 Å². The van der Waals surface area contributed by atoms with Gasteiger partial charge >= 0.3 is 6.04 Å². The van der Waals surface area contributed by atoms with Crippen LogP contribution in [0.25, 0.3) is 11.4 Å². The van der Waals surface area contributed by atoms with Gasteiger partial charge in [-0.05, 0) is 25.3 Å². The van der Waals surface area contributed by atoms with Gasteiger partial charge in [0.05, 0.1) is 11.4 Å². The van der Waals surface area contributed by atoms with Crippen LogP contribution in [0.5, 0.6) is 0 Å². The number of fused-ring (bicyclic) bond motifs is 3. The third kappa shape index (κ3) is 1.45. The average molecular weight is 246 g/mol. The number of aromatic nitrogens is 4. The molecule has 3 rings (SSSR count). The van der Waals surface area contributed by atoms with Gasteiger partial charge in [0.25, 0.3) is 0 Å². The molecule has 0 N–H and O–H groups in total. The summed E-state index contributed by atoms with van der Waals surface area (Å²) in [5, 5.41) is 3.95. The molecule has 2 heterocycles. The minimum Gasteiger partial charge on any atom is -0.265 e. The summed E-state index contributed by atoms with van der Waals surface area (Å²) in [4.78, 5) is 19.5. The molecule has 0 spiro atoms. The Balaban J connectivity index is 2.30. The van der Waals surface area contributed by atoms with Gasteiger partial charge in [-0.3, -0.25) is 9.48 Å². The standard InChI is InChI=1S/C12H11FN4O/c1-6-14-5-7-3-4-8-10(12(13)18)16-17(2)11(8)9(7)15-6/h5H,3-4H2,1-2H3. The predicted molar refractivity (Wildman–Crippen MR) is 61.8 cm³/mol. The summed E-state index contributed by atoms with van der Waals surface area (Å²) in [6, 6.07) is -1.49. The maximum atomic E-state index is 12.9. The van der Waals surface area contributed by atoms with E-state index in [0.717, 1.165) is 17.0 Å². The van der Waals surface area contributed by atoms with Crippen molar-refractivity contribution in [3.8, 4) is 11.4 Å². The number of halogens is 1. The van der Waals surface area contributed by atoms with E-state index in [0.29, 0.717) is 24.2 Å². The zero-order chi connectivity index (χ0) is 12.9. The van der Waals surface area contributed by atoms with E-state index in [-0.39, 0.29) is 5.69 Å². The fourth-order valence-electron chi connectivity index (χ4n) is 2.40. The lowest BCUT2D eigenvalue weighted by molar-refractivity contribution is 0.0828. The minimum absolute atomic E-state index is 0.0885. The number of hydrogen-bond acceptors (Lipinski definition) is 4. The fourth-order valence-corrected chi connectivity index (χ4v) is 2.40. The van der Waals surface area contributed by atoms with Gasteiger partial charge in [-0.25, -0.2) is 9.97 Å². The van der Waals surface area contributed by atoms with Crippen LogP contribution in [0.4, 0.5) is 4.39 Å². The Hall–Kier alpha value is -2.11. The molecule has 0 fully saturated rings. The molecule has 18 heavy (non-hydrogen) atoms. The van der Waals surface area contributed by atoms with E-state index in [1.54, 1.807) is 20.2 Å². The van der Waals surface area contributed by atoms with Crippen molar-refractivity contribution in [3.05, 3.63) is 28.8 Å². The Morgan fingerprint density at radius 2 is 2.22 bits per heavy atom. The van der Waals surface area contributed by atoms with Crippen molar-refractivity contribution in [3.63, 3.8) is 0 Å². The molecular weight excluding hydrogens is 235 g/mol. The Morgan fingerprint density at radius 1 is 1.44 bits per heavy atom. The number of nitrogens with zero attached hydrogens (tertiary/aromatic N) is 4. The van der Waals surface area contributed by atoms with E-state index in [9.17, 15) is 9.18 Å². The molecule has 0 atom stereocenters. The predicted octanol–water partition coefficient (Wildman–Crippen LogP) is 1.39. The van der Waals surface area contributed by atoms with Crippen molar-refractivity contribution >= 4 is 6.04 Å². The highest BCUT2D eigenvalue weighted by Gasteiger charge is 2.28. The normalized spacial score (nSPS) is 13.1. The molecule has 0 saturated carbocycles. The summed E-state index contributed by atoms with van der Waals surface area (Å²) in [7, 11) is 1.69. The quantitative estimate of drug-likeness (QED) is 0.713. The van der Waals surface area contributed by atoms with E-state index < -0.39 is 6.04 Å². The topological polar surface area (TPSA) is 60.7 Å². The van der Waals surface area contributed by atoms with Gasteiger partial charge in [0.2, 0.25) is 0 Å². The maximum Gasteiger partial charge on any atom is 0.352 e.